The van der Waals surface area contributed by atoms with Gasteiger partial charge in [0, 0.05) is 18.8 Å². The lowest BCUT2D eigenvalue weighted by Gasteiger charge is -2.12. The first-order chi connectivity index (χ1) is 11.2. The van der Waals surface area contributed by atoms with Gasteiger partial charge in [-0.05, 0) is 37.1 Å². The first-order valence-corrected chi connectivity index (χ1v) is 7.95. The molecular formula is C17H22N4O2. The van der Waals surface area contributed by atoms with Crippen LogP contribution in [0.3, 0.4) is 0 Å². The second kappa shape index (κ2) is 7.28. The van der Waals surface area contributed by atoms with E-state index in [1.807, 2.05) is 43.7 Å². The third kappa shape index (κ3) is 4.10. The molecule has 1 atom stereocenters. The fraction of sp³-hybridized carbons (Fsp3) is 0.412. The number of benzene rings is 1. The van der Waals surface area contributed by atoms with Crippen LogP contribution in [-0.4, -0.2) is 41.4 Å². The van der Waals surface area contributed by atoms with Gasteiger partial charge in [0.1, 0.15) is 12.4 Å². The summed E-state index contributed by atoms with van der Waals surface area (Å²) in [7, 11) is 1.89. The topological polar surface area (TPSA) is 68.2 Å². The Bertz CT molecular complexity index is 662. The number of carbonyl (C=O) groups is 1. The zero-order chi connectivity index (χ0) is 16.1. The molecule has 0 spiro atoms. The maximum atomic E-state index is 11.9. The Kier molecular flexibility index (Phi) is 4.92. The maximum absolute atomic E-state index is 11.9. The Morgan fingerprint density at radius 3 is 3.13 bits per heavy atom. The average molecular weight is 314 g/mol. The standard InChI is InChI=1S/C17H22N4O2/c1-21-12-14(11-20-21)13-4-2-5-15(10-13)23-9-8-19-17(22)16-6-3-7-18-16/h2,4-5,10-12,16,18H,3,6-9H2,1H3,(H,19,22)/t16-/m1/s1. The normalized spacial score (nSPS) is 17.2. The van der Waals surface area contributed by atoms with Gasteiger partial charge in [-0.2, -0.15) is 5.10 Å². The molecule has 1 amide bonds. The molecule has 0 unspecified atom stereocenters. The van der Waals surface area contributed by atoms with E-state index in [0.717, 1.165) is 36.3 Å². The summed E-state index contributed by atoms with van der Waals surface area (Å²) < 4.78 is 7.50. The van der Waals surface area contributed by atoms with E-state index < -0.39 is 0 Å². The average Bonchev–Trinajstić information content (AvgIpc) is 3.23. The summed E-state index contributed by atoms with van der Waals surface area (Å²) in [5, 5.41) is 10.3. The van der Waals surface area contributed by atoms with E-state index in [1.165, 1.54) is 0 Å². The quantitative estimate of drug-likeness (QED) is 0.790. The monoisotopic (exact) mass is 314 g/mol. The SMILES string of the molecule is Cn1cc(-c2cccc(OCCNC(=O)[C@H]3CCCN3)c2)cn1. The third-order valence-electron chi connectivity index (χ3n) is 3.92. The number of nitrogens with one attached hydrogen (secondary N) is 2. The largest absolute Gasteiger partial charge is 0.492 e. The molecule has 2 heterocycles. The Labute approximate surface area is 135 Å². The molecule has 1 aliphatic rings. The summed E-state index contributed by atoms with van der Waals surface area (Å²) in [6, 6.07) is 7.84. The van der Waals surface area contributed by atoms with Crippen molar-refractivity contribution in [3.8, 4) is 16.9 Å². The van der Waals surface area contributed by atoms with Crippen molar-refractivity contribution < 1.29 is 9.53 Å². The van der Waals surface area contributed by atoms with Crippen LogP contribution >= 0.6 is 0 Å². The highest BCUT2D eigenvalue weighted by atomic mass is 16.5. The number of carbonyl (C=O) groups excluding carboxylic acids is 1. The van der Waals surface area contributed by atoms with Gasteiger partial charge in [-0.25, -0.2) is 0 Å². The van der Waals surface area contributed by atoms with Gasteiger partial charge in [0.05, 0.1) is 18.8 Å². The van der Waals surface area contributed by atoms with Crippen LogP contribution < -0.4 is 15.4 Å². The molecule has 0 radical (unpaired) electrons. The Hall–Kier alpha value is -2.34. The lowest BCUT2D eigenvalue weighted by Crippen LogP contribution is -2.41. The third-order valence-corrected chi connectivity index (χ3v) is 3.92. The Balaban J connectivity index is 1.48. The predicted octanol–water partition coefficient (Wildman–Crippen LogP) is 1.33. The van der Waals surface area contributed by atoms with Crippen LogP contribution in [0.25, 0.3) is 11.1 Å². The molecule has 2 aromatic rings. The summed E-state index contributed by atoms with van der Waals surface area (Å²) in [4.78, 5) is 11.9. The number of ether oxygens (including phenoxy) is 1. The minimum Gasteiger partial charge on any atom is -0.492 e. The zero-order valence-electron chi connectivity index (χ0n) is 13.3. The van der Waals surface area contributed by atoms with E-state index in [1.54, 1.807) is 4.68 Å². The van der Waals surface area contributed by atoms with Gasteiger partial charge in [-0.3, -0.25) is 9.48 Å². The van der Waals surface area contributed by atoms with Crippen molar-refractivity contribution in [2.45, 2.75) is 18.9 Å². The molecule has 1 saturated heterocycles. The molecule has 1 fully saturated rings. The molecule has 0 saturated carbocycles. The molecule has 23 heavy (non-hydrogen) atoms. The first-order valence-electron chi connectivity index (χ1n) is 7.95. The van der Waals surface area contributed by atoms with E-state index in [0.29, 0.717) is 13.2 Å². The molecule has 6 heteroatoms. The number of hydrogen-bond acceptors (Lipinski definition) is 4. The predicted molar refractivity (Wildman–Crippen MR) is 88.2 cm³/mol. The second-order valence-electron chi connectivity index (χ2n) is 5.72. The lowest BCUT2D eigenvalue weighted by molar-refractivity contribution is -0.122. The summed E-state index contributed by atoms with van der Waals surface area (Å²) >= 11 is 0. The highest BCUT2D eigenvalue weighted by Crippen LogP contribution is 2.23. The second-order valence-corrected chi connectivity index (χ2v) is 5.72. The van der Waals surface area contributed by atoms with Crippen molar-refractivity contribution >= 4 is 5.91 Å². The number of aryl methyl sites for hydroxylation is 1. The van der Waals surface area contributed by atoms with Crippen molar-refractivity contribution in [3.63, 3.8) is 0 Å². The number of amides is 1. The molecule has 0 aliphatic carbocycles. The van der Waals surface area contributed by atoms with E-state index in [9.17, 15) is 4.79 Å². The van der Waals surface area contributed by atoms with Gasteiger partial charge in [-0.15, -0.1) is 0 Å². The molecule has 6 nitrogen and oxygen atoms in total. The highest BCUT2D eigenvalue weighted by Gasteiger charge is 2.21. The van der Waals surface area contributed by atoms with Gasteiger partial charge < -0.3 is 15.4 Å². The van der Waals surface area contributed by atoms with E-state index in [4.69, 9.17) is 4.74 Å². The van der Waals surface area contributed by atoms with Gasteiger partial charge in [0.2, 0.25) is 5.91 Å². The van der Waals surface area contributed by atoms with Gasteiger partial charge in [-0.1, -0.05) is 12.1 Å². The minimum atomic E-state index is -0.0380. The number of hydrogen-bond donors (Lipinski definition) is 2. The van der Waals surface area contributed by atoms with Crippen molar-refractivity contribution in [1.29, 1.82) is 0 Å². The van der Waals surface area contributed by atoms with E-state index >= 15 is 0 Å². The van der Waals surface area contributed by atoms with Gasteiger partial charge >= 0.3 is 0 Å². The van der Waals surface area contributed by atoms with E-state index in [2.05, 4.69) is 15.7 Å². The van der Waals surface area contributed by atoms with Crippen LogP contribution in [0.4, 0.5) is 0 Å². The summed E-state index contributed by atoms with van der Waals surface area (Å²) in [6.07, 6.45) is 5.78. The van der Waals surface area contributed by atoms with Crippen LogP contribution in [0.1, 0.15) is 12.8 Å². The van der Waals surface area contributed by atoms with Crippen molar-refractivity contribution in [3.05, 3.63) is 36.7 Å². The summed E-state index contributed by atoms with van der Waals surface area (Å²) in [5.41, 5.74) is 2.12. The lowest BCUT2D eigenvalue weighted by atomic mass is 10.1. The van der Waals surface area contributed by atoms with Crippen molar-refractivity contribution in [2.24, 2.45) is 7.05 Å². The fourth-order valence-electron chi connectivity index (χ4n) is 2.71. The van der Waals surface area contributed by atoms with Crippen molar-refractivity contribution in [1.82, 2.24) is 20.4 Å². The first kappa shape index (κ1) is 15.6. The van der Waals surface area contributed by atoms with Crippen molar-refractivity contribution in [2.75, 3.05) is 19.7 Å². The van der Waals surface area contributed by atoms with E-state index in [-0.39, 0.29) is 11.9 Å². The summed E-state index contributed by atoms with van der Waals surface area (Å²) in [5.74, 6) is 0.856. The molecule has 1 aromatic heterocycles. The smallest absolute Gasteiger partial charge is 0.237 e. The van der Waals surface area contributed by atoms with Crippen LogP contribution in [-0.2, 0) is 11.8 Å². The number of rotatable bonds is 6. The molecule has 122 valence electrons. The van der Waals surface area contributed by atoms with Gasteiger partial charge in [0.15, 0.2) is 0 Å². The molecular weight excluding hydrogens is 292 g/mol. The van der Waals surface area contributed by atoms with Crippen LogP contribution in [0.2, 0.25) is 0 Å². The van der Waals surface area contributed by atoms with Crippen LogP contribution in [0.15, 0.2) is 36.7 Å². The molecule has 1 aliphatic heterocycles. The fourth-order valence-corrected chi connectivity index (χ4v) is 2.71. The summed E-state index contributed by atoms with van der Waals surface area (Å²) in [6.45, 7) is 1.89. The molecule has 0 bridgehead atoms. The van der Waals surface area contributed by atoms with Crippen LogP contribution in [0.5, 0.6) is 5.75 Å². The number of nitrogens with zero attached hydrogens (tertiary/aromatic N) is 2. The highest BCUT2D eigenvalue weighted by molar-refractivity contribution is 5.81. The van der Waals surface area contributed by atoms with Gasteiger partial charge in [0.25, 0.3) is 0 Å². The number of aromatic nitrogens is 2. The van der Waals surface area contributed by atoms with Crippen LogP contribution in [0, 0.1) is 0 Å². The Morgan fingerprint density at radius 2 is 2.39 bits per heavy atom. The minimum absolute atomic E-state index is 0.0380. The molecule has 1 aromatic carbocycles. The maximum Gasteiger partial charge on any atom is 0.237 e. The Morgan fingerprint density at radius 1 is 1.48 bits per heavy atom. The zero-order valence-corrected chi connectivity index (χ0v) is 13.3. The molecule has 2 N–H and O–H groups in total. The molecule has 3 rings (SSSR count).